The molecule has 7 N–H and O–H groups in total. The van der Waals surface area contributed by atoms with Crippen LogP contribution < -0.4 is 21.9 Å². The number of nitrogen functional groups attached to an aromatic ring is 1. The van der Waals surface area contributed by atoms with Crippen molar-refractivity contribution in [1.82, 2.24) is 25.3 Å². The number of H-pyrrole nitrogens is 1. The molecule has 0 radical (unpaired) electrons. The van der Waals surface area contributed by atoms with Crippen molar-refractivity contribution in [2.45, 2.75) is 32.0 Å². The number of hydrogen-bond acceptors (Lipinski definition) is 11. The van der Waals surface area contributed by atoms with Crippen molar-refractivity contribution in [3.8, 4) is 5.75 Å². The molecule has 2 aromatic carbocycles. The summed E-state index contributed by atoms with van der Waals surface area (Å²) in [6.45, 7) is 0.0629. The number of ether oxygens (including phenoxy) is 1. The predicted octanol–water partition coefficient (Wildman–Crippen LogP) is 1.32. The molecule has 2 heterocycles. The van der Waals surface area contributed by atoms with Crippen LogP contribution in [0.4, 0.5) is 11.6 Å². The van der Waals surface area contributed by atoms with Gasteiger partial charge in [-0.1, -0.05) is 18.2 Å². The van der Waals surface area contributed by atoms with Crippen LogP contribution in [0.5, 0.6) is 5.75 Å². The van der Waals surface area contributed by atoms with Gasteiger partial charge in [0.1, 0.15) is 18.4 Å². The molecule has 4 aromatic rings. The van der Waals surface area contributed by atoms with E-state index in [-0.39, 0.29) is 54.4 Å². The molecule has 14 heteroatoms. The fourth-order valence-electron chi connectivity index (χ4n) is 3.61. The summed E-state index contributed by atoms with van der Waals surface area (Å²) in [6, 6.07) is 11.3. The molecule has 206 valence electrons. The maximum absolute atomic E-state index is 12.6. The Morgan fingerprint density at radius 1 is 1.07 bits per heavy atom. The number of anilines is 2. The van der Waals surface area contributed by atoms with Crippen LogP contribution in [0.1, 0.15) is 34.5 Å². The van der Waals surface area contributed by atoms with Gasteiger partial charge in [0.05, 0.1) is 18.4 Å². The molecule has 0 spiro atoms. The predicted molar refractivity (Wildman–Crippen MR) is 142 cm³/mol. The van der Waals surface area contributed by atoms with Gasteiger partial charge in [-0.2, -0.15) is 4.98 Å². The van der Waals surface area contributed by atoms with Crippen molar-refractivity contribution in [3.05, 3.63) is 81.9 Å². The van der Waals surface area contributed by atoms with Crippen LogP contribution in [0.2, 0.25) is 0 Å². The molecule has 1 atom stereocenters. The number of aromatic hydroxyl groups is 1. The van der Waals surface area contributed by atoms with Crippen LogP contribution >= 0.6 is 0 Å². The monoisotopic (exact) mass is 547 g/mol. The second-order valence-corrected chi connectivity index (χ2v) is 8.61. The molecule has 0 aliphatic rings. The van der Waals surface area contributed by atoms with E-state index in [0.29, 0.717) is 16.9 Å². The van der Waals surface area contributed by atoms with Crippen molar-refractivity contribution < 1.29 is 29.3 Å². The van der Waals surface area contributed by atoms with Crippen LogP contribution in [0.25, 0.3) is 11.2 Å². The van der Waals surface area contributed by atoms with Crippen molar-refractivity contribution in [3.63, 3.8) is 0 Å². The number of aromatic amines is 1. The maximum atomic E-state index is 12.6. The van der Waals surface area contributed by atoms with Crippen LogP contribution in [0, 0.1) is 0 Å². The van der Waals surface area contributed by atoms with Gasteiger partial charge in [-0.25, -0.2) is 14.8 Å². The third kappa shape index (κ3) is 7.06. The number of aromatic nitrogens is 4. The summed E-state index contributed by atoms with van der Waals surface area (Å²) < 4.78 is 5.08. The topological polar surface area (TPSA) is 223 Å². The minimum Gasteiger partial charge on any atom is -0.508 e. The first-order valence-corrected chi connectivity index (χ1v) is 12.0. The fourth-order valence-corrected chi connectivity index (χ4v) is 3.61. The second kappa shape index (κ2) is 12.3. The largest absolute Gasteiger partial charge is 0.508 e. The molecule has 40 heavy (non-hydrogen) atoms. The number of rotatable bonds is 11. The zero-order valence-corrected chi connectivity index (χ0v) is 21.0. The van der Waals surface area contributed by atoms with E-state index in [1.54, 1.807) is 30.3 Å². The zero-order chi connectivity index (χ0) is 28.6. The van der Waals surface area contributed by atoms with Gasteiger partial charge in [0.25, 0.3) is 11.5 Å². The number of para-hydroxylation sites is 1. The number of phenolic OH excluding ortho intramolecular Hbond substituents is 1. The standard InChI is InChI=1S/C26H25N7O7/c27-26-32-22-21(24(37)33-26)30-17(12-29-22)11-28-16-7-5-14(6-8-16)23(36)31-18(25(38)39)9-10-20(35)40-13-15-3-1-2-4-19(15)34/h1-8,12,18,28,34H,9-11,13H2,(H,31,36)(H,38,39)(H3,27,29,32,33,37)/t18-/m0/s1. The van der Waals surface area contributed by atoms with E-state index in [1.807, 2.05) is 0 Å². The van der Waals surface area contributed by atoms with E-state index < -0.39 is 29.4 Å². The van der Waals surface area contributed by atoms with E-state index in [0.717, 1.165) is 0 Å². The van der Waals surface area contributed by atoms with E-state index in [2.05, 4.69) is 30.6 Å². The van der Waals surface area contributed by atoms with Gasteiger partial charge in [0.2, 0.25) is 5.95 Å². The second-order valence-electron chi connectivity index (χ2n) is 8.61. The minimum atomic E-state index is -1.32. The number of nitrogens with two attached hydrogens (primary N) is 1. The molecule has 0 unspecified atom stereocenters. The summed E-state index contributed by atoms with van der Waals surface area (Å²) in [5.74, 6) is -2.67. The molecule has 0 saturated carbocycles. The third-order valence-electron chi connectivity index (χ3n) is 5.73. The zero-order valence-electron chi connectivity index (χ0n) is 21.0. The summed E-state index contributed by atoms with van der Waals surface area (Å²) in [4.78, 5) is 62.9. The van der Waals surface area contributed by atoms with Crippen LogP contribution in [0.15, 0.2) is 59.5 Å². The van der Waals surface area contributed by atoms with Gasteiger partial charge in [0, 0.05) is 23.2 Å². The molecule has 0 aliphatic heterocycles. The number of benzene rings is 2. The first-order chi connectivity index (χ1) is 19.2. The normalized spacial score (nSPS) is 11.5. The summed E-state index contributed by atoms with van der Waals surface area (Å²) in [5.41, 5.74) is 6.90. The van der Waals surface area contributed by atoms with Crippen molar-refractivity contribution in [1.29, 1.82) is 0 Å². The molecule has 2 aromatic heterocycles. The van der Waals surface area contributed by atoms with Crippen molar-refractivity contribution in [2.75, 3.05) is 11.1 Å². The summed E-state index contributed by atoms with van der Waals surface area (Å²) >= 11 is 0. The Morgan fingerprint density at radius 3 is 2.55 bits per heavy atom. The highest BCUT2D eigenvalue weighted by molar-refractivity contribution is 5.97. The van der Waals surface area contributed by atoms with Gasteiger partial charge in [-0.15, -0.1) is 0 Å². The van der Waals surface area contributed by atoms with Crippen molar-refractivity contribution >= 4 is 40.6 Å². The number of nitrogens with zero attached hydrogens (tertiary/aromatic N) is 3. The van der Waals surface area contributed by atoms with Crippen LogP contribution in [-0.4, -0.2) is 54.0 Å². The molecular weight excluding hydrogens is 522 g/mol. The Morgan fingerprint density at radius 2 is 1.82 bits per heavy atom. The van der Waals surface area contributed by atoms with Gasteiger partial charge in [-0.3, -0.25) is 19.4 Å². The Hall–Kier alpha value is -5.53. The van der Waals surface area contributed by atoms with Crippen LogP contribution in [-0.2, 0) is 27.5 Å². The molecule has 0 saturated heterocycles. The number of carbonyl (C=O) groups excluding carboxylic acids is 2. The quantitative estimate of drug-likeness (QED) is 0.146. The summed E-state index contributed by atoms with van der Waals surface area (Å²) in [7, 11) is 0. The lowest BCUT2D eigenvalue weighted by Crippen LogP contribution is -2.41. The van der Waals surface area contributed by atoms with Gasteiger partial charge < -0.3 is 31.3 Å². The first-order valence-electron chi connectivity index (χ1n) is 12.0. The number of amides is 1. The number of phenols is 1. The Bertz CT molecular complexity index is 1610. The number of hydrogen-bond donors (Lipinski definition) is 6. The highest BCUT2D eigenvalue weighted by Crippen LogP contribution is 2.17. The third-order valence-corrected chi connectivity index (χ3v) is 5.73. The number of carbonyl (C=O) groups is 3. The highest BCUT2D eigenvalue weighted by Gasteiger charge is 2.22. The smallest absolute Gasteiger partial charge is 0.326 e. The molecule has 1 amide bonds. The first kappa shape index (κ1) is 27.5. The molecule has 0 aliphatic carbocycles. The lowest BCUT2D eigenvalue weighted by molar-refractivity contribution is -0.145. The Balaban J connectivity index is 1.28. The number of carboxylic acids is 1. The average Bonchev–Trinajstić information content (AvgIpc) is 2.93. The van der Waals surface area contributed by atoms with Gasteiger partial charge in [-0.05, 0) is 36.8 Å². The maximum Gasteiger partial charge on any atom is 0.326 e. The molecule has 0 fully saturated rings. The number of carboxylic acid groups (broad SMARTS) is 1. The minimum absolute atomic E-state index is 0.0188. The summed E-state index contributed by atoms with van der Waals surface area (Å²) in [5, 5.41) is 24.7. The molecular formula is C26H25N7O7. The SMILES string of the molecule is Nc1nc2ncc(CNc3ccc(C(=O)N[C@@H](CCC(=O)OCc4ccccc4O)C(=O)O)cc3)nc2c(=O)[nH]1. The Labute approximate surface area is 226 Å². The highest BCUT2D eigenvalue weighted by atomic mass is 16.5. The fraction of sp³-hybridized carbons (Fsp3) is 0.192. The number of fused-ring (bicyclic) bond motifs is 1. The lowest BCUT2D eigenvalue weighted by Gasteiger charge is -2.15. The van der Waals surface area contributed by atoms with Crippen LogP contribution in [0.3, 0.4) is 0 Å². The lowest BCUT2D eigenvalue weighted by atomic mass is 10.1. The van der Waals surface area contributed by atoms with Gasteiger partial charge >= 0.3 is 11.9 Å². The number of nitrogens with one attached hydrogen (secondary N) is 3. The van der Waals surface area contributed by atoms with E-state index in [9.17, 15) is 29.4 Å². The summed E-state index contributed by atoms with van der Waals surface area (Å²) in [6.07, 6.45) is 1.02. The molecule has 4 rings (SSSR count). The molecule has 0 bridgehead atoms. The Kier molecular flexibility index (Phi) is 8.49. The van der Waals surface area contributed by atoms with Crippen molar-refractivity contribution in [2.24, 2.45) is 0 Å². The number of esters is 1. The van der Waals surface area contributed by atoms with E-state index in [1.165, 1.54) is 24.4 Å². The number of aliphatic carboxylic acids is 1. The van der Waals surface area contributed by atoms with Gasteiger partial charge in [0.15, 0.2) is 11.2 Å². The average molecular weight is 548 g/mol. The molecule has 14 nitrogen and oxygen atoms in total. The van der Waals surface area contributed by atoms with E-state index in [4.69, 9.17) is 10.5 Å². The van der Waals surface area contributed by atoms with E-state index >= 15 is 0 Å².